The van der Waals surface area contributed by atoms with E-state index in [0.29, 0.717) is 24.5 Å². The molecule has 0 saturated carbocycles. The topological polar surface area (TPSA) is 73.9 Å². The monoisotopic (exact) mass is 293 g/mol. The van der Waals surface area contributed by atoms with Gasteiger partial charge in [0.2, 0.25) is 0 Å². The Morgan fingerprint density at radius 3 is 2.62 bits per heavy atom. The van der Waals surface area contributed by atoms with Gasteiger partial charge < -0.3 is 19.5 Å². The van der Waals surface area contributed by atoms with Gasteiger partial charge in [-0.15, -0.1) is 0 Å². The smallest absolute Gasteiger partial charge is 0.336 e. The molecule has 1 aliphatic rings. The van der Waals surface area contributed by atoms with E-state index in [9.17, 15) is 9.59 Å². The number of carbonyl (C=O) groups is 2. The highest BCUT2D eigenvalue weighted by molar-refractivity contribution is 5.95. The number of carbonyl (C=O) groups excluding carboxylic acids is 2. The fourth-order valence-electron chi connectivity index (χ4n) is 1.99. The highest BCUT2D eigenvalue weighted by atomic mass is 16.6. The molecule has 6 nitrogen and oxygen atoms in total. The van der Waals surface area contributed by atoms with Crippen molar-refractivity contribution in [3.05, 3.63) is 24.3 Å². The lowest BCUT2D eigenvalue weighted by Gasteiger charge is -2.16. The van der Waals surface area contributed by atoms with Crippen LogP contribution in [0.5, 0.6) is 5.75 Å². The summed E-state index contributed by atoms with van der Waals surface area (Å²) >= 11 is 0. The first-order valence-electron chi connectivity index (χ1n) is 6.87. The number of nitrogens with one attached hydrogen (secondary N) is 1. The second-order valence-electron chi connectivity index (χ2n) is 4.80. The van der Waals surface area contributed by atoms with E-state index < -0.39 is 18.2 Å². The summed E-state index contributed by atoms with van der Waals surface area (Å²) in [5.41, 5.74) is 0.612. The fourth-order valence-corrected chi connectivity index (χ4v) is 1.99. The first-order chi connectivity index (χ1) is 10.1. The van der Waals surface area contributed by atoms with Gasteiger partial charge in [0.1, 0.15) is 5.75 Å². The van der Waals surface area contributed by atoms with Crippen molar-refractivity contribution in [3.8, 4) is 5.75 Å². The Labute approximate surface area is 123 Å². The molecule has 6 heteroatoms. The number of anilines is 1. The summed E-state index contributed by atoms with van der Waals surface area (Å²) in [6, 6.07) is 6.90. The van der Waals surface area contributed by atoms with Gasteiger partial charge in [0, 0.05) is 12.3 Å². The molecule has 2 atom stereocenters. The van der Waals surface area contributed by atoms with Gasteiger partial charge in [-0.25, -0.2) is 4.79 Å². The minimum atomic E-state index is -0.871. The second-order valence-corrected chi connectivity index (χ2v) is 4.80. The van der Waals surface area contributed by atoms with Gasteiger partial charge in [0.15, 0.2) is 12.2 Å². The zero-order chi connectivity index (χ0) is 15.2. The lowest BCUT2D eigenvalue weighted by molar-refractivity contribution is -0.162. The molecule has 1 heterocycles. The number of methoxy groups -OCH3 is 1. The molecule has 114 valence electrons. The second kappa shape index (κ2) is 7.08. The Morgan fingerprint density at radius 2 is 2.05 bits per heavy atom. The number of hydrogen-bond donors (Lipinski definition) is 1. The molecule has 0 spiro atoms. The number of ether oxygens (including phenoxy) is 3. The average molecular weight is 293 g/mol. The van der Waals surface area contributed by atoms with Crippen LogP contribution in [0, 0.1) is 0 Å². The van der Waals surface area contributed by atoms with E-state index in [1.165, 1.54) is 6.92 Å². The lowest BCUT2D eigenvalue weighted by atomic mass is 10.2. The molecular weight excluding hydrogens is 274 g/mol. The normalized spacial score (nSPS) is 18.9. The van der Waals surface area contributed by atoms with Crippen LogP contribution < -0.4 is 10.1 Å². The van der Waals surface area contributed by atoms with Crippen molar-refractivity contribution in [2.75, 3.05) is 19.0 Å². The molecule has 21 heavy (non-hydrogen) atoms. The summed E-state index contributed by atoms with van der Waals surface area (Å²) in [5.74, 6) is -0.165. The molecule has 0 aromatic heterocycles. The van der Waals surface area contributed by atoms with E-state index in [0.717, 1.165) is 6.42 Å². The molecule has 1 N–H and O–H groups in total. The van der Waals surface area contributed by atoms with Crippen LogP contribution in [0.3, 0.4) is 0 Å². The van der Waals surface area contributed by atoms with Gasteiger partial charge in [-0.05, 0) is 44.0 Å². The summed E-state index contributed by atoms with van der Waals surface area (Å²) in [7, 11) is 1.57. The van der Waals surface area contributed by atoms with Gasteiger partial charge in [-0.3, -0.25) is 4.79 Å². The molecule has 1 amide bonds. The molecule has 0 bridgehead atoms. The standard InChI is InChI=1S/C15H19NO5/c1-10(21-15(18)13-4-3-9-20-13)14(17)16-11-5-7-12(19-2)8-6-11/h5-8,10,13H,3-4,9H2,1-2H3,(H,16,17)/t10-,13+/m1/s1. The molecule has 1 saturated heterocycles. The Kier molecular flexibility index (Phi) is 5.16. The van der Waals surface area contributed by atoms with Crippen molar-refractivity contribution >= 4 is 17.6 Å². The summed E-state index contributed by atoms with van der Waals surface area (Å²) in [6.45, 7) is 2.10. The molecular formula is C15H19NO5. The van der Waals surface area contributed by atoms with Crippen molar-refractivity contribution in [2.24, 2.45) is 0 Å². The predicted molar refractivity (Wildman–Crippen MR) is 76.2 cm³/mol. The van der Waals surface area contributed by atoms with Gasteiger partial charge >= 0.3 is 5.97 Å². The van der Waals surface area contributed by atoms with E-state index in [-0.39, 0.29) is 5.91 Å². The van der Waals surface area contributed by atoms with Crippen LogP contribution in [0.4, 0.5) is 5.69 Å². The van der Waals surface area contributed by atoms with Gasteiger partial charge in [0.25, 0.3) is 5.91 Å². The maximum Gasteiger partial charge on any atom is 0.336 e. The third-order valence-electron chi connectivity index (χ3n) is 3.21. The first-order valence-corrected chi connectivity index (χ1v) is 6.87. The highest BCUT2D eigenvalue weighted by Crippen LogP contribution is 2.17. The fraction of sp³-hybridized carbons (Fsp3) is 0.467. The van der Waals surface area contributed by atoms with Gasteiger partial charge in [0.05, 0.1) is 7.11 Å². The van der Waals surface area contributed by atoms with E-state index >= 15 is 0 Å². The van der Waals surface area contributed by atoms with Crippen molar-refractivity contribution in [3.63, 3.8) is 0 Å². The predicted octanol–water partition coefficient (Wildman–Crippen LogP) is 1.74. The molecule has 0 radical (unpaired) electrons. The summed E-state index contributed by atoms with van der Waals surface area (Å²) in [6.07, 6.45) is 0.0720. The minimum Gasteiger partial charge on any atom is -0.497 e. The Hall–Kier alpha value is -2.08. The molecule has 0 unspecified atom stereocenters. The largest absolute Gasteiger partial charge is 0.497 e. The van der Waals surface area contributed by atoms with Crippen LogP contribution in [-0.4, -0.2) is 37.8 Å². The molecule has 0 aliphatic carbocycles. The first kappa shape index (κ1) is 15.3. The number of amides is 1. The zero-order valence-electron chi connectivity index (χ0n) is 12.1. The Balaban J connectivity index is 1.85. The summed E-state index contributed by atoms with van der Waals surface area (Å²) < 4.78 is 15.4. The number of esters is 1. The molecule has 2 rings (SSSR count). The van der Waals surface area contributed by atoms with E-state index in [2.05, 4.69) is 5.32 Å². The lowest BCUT2D eigenvalue weighted by Crippen LogP contribution is -2.33. The summed E-state index contributed by atoms with van der Waals surface area (Å²) in [4.78, 5) is 23.7. The van der Waals surface area contributed by atoms with Crippen LogP contribution in [-0.2, 0) is 19.1 Å². The minimum absolute atomic E-state index is 0.383. The van der Waals surface area contributed by atoms with Gasteiger partial charge in [-0.1, -0.05) is 0 Å². The highest BCUT2D eigenvalue weighted by Gasteiger charge is 2.28. The average Bonchev–Trinajstić information content (AvgIpc) is 3.02. The van der Waals surface area contributed by atoms with Crippen molar-refractivity contribution in [1.82, 2.24) is 0 Å². The van der Waals surface area contributed by atoms with Gasteiger partial charge in [-0.2, -0.15) is 0 Å². The van der Waals surface area contributed by atoms with Crippen LogP contribution in [0.15, 0.2) is 24.3 Å². The van der Waals surface area contributed by atoms with E-state index in [1.54, 1.807) is 31.4 Å². The van der Waals surface area contributed by atoms with Crippen LogP contribution in [0.1, 0.15) is 19.8 Å². The van der Waals surface area contributed by atoms with E-state index in [1.807, 2.05) is 0 Å². The zero-order valence-corrected chi connectivity index (χ0v) is 12.1. The van der Waals surface area contributed by atoms with Crippen LogP contribution in [0.25, 0.3) is 0 Å². The summed E-state index contributed by atoms with van der Waals surface area (Å²) in [5, 5.41) is 2.68. The quantitative estimate of drug-likeness (QED) is 0.837. The number of benzene rings is 1. The van der Waals surface area contributed by atoms with Crippen LogP contribution in [0.2, 0.25) is 0 Å². The third-order valence-corrected chi connectivity index (χ3v) is 3.21. The van der Waals surface area contributed by atoms with Crippen LogP contribution >= 0.6 is 0 Å². The number of hydrogen-bond acceptors (Lipinski definition) is 5. The van der Waals surface area contributed by atoms with E-state index in [4.69, 9.17) is 14.2 Å². The third kappa shape index (κ3) is 4.19. The Bertz CT molecular complexity index is 493. The molecule has 1 aliphatic heterocycles. The Morgan fingerprint density at radius 1 is 1.33 bits per heavy atom. The van der Waals surface area contributed by atoms with Crippen molar-refractivity contribution < 1.29 is 23.8 Å². The maximum atomic E-state index is 12.0. The maximum absolute atomic E-state index is 12.0. The van der Waals surface area contributed by atoms with Crippen molar-refractivity contribution in [2.45, 2.75) is 32.0 Å². The molecule has 1 fully saturated rings. The van der Waals surface area contributed by atoms with Crippen molar-refractivity contribution in [1.29, 1.82) is 0 Å². The molecule has 1 aromatic carbocycles. The SMILES string of the molecule is COc1ccc(NC(=O)[C@@H](C)OC(=O)[C@@H]2CCCO2)cc1. The number of rotatable bonds is 5. The molecule has 1 aromatic rings.